The number of aryl methyl sites for hydroxylation is 2. The van der Waals surface area contributed by atoms with E-state index in [2.05, 4.69) is 31.2 Å². The van der Waals surface area contributed by atoms with E-state index < -0.39 is 0 Å². The Morgan fingerprint density at radius 3 is 2.86 bits per heavy atom. The zero-order valence-corrected chi connectivity index (χ0v) is 13.3. The number of hydrogen-bond acceptors (Lipinski definition) is 4. The van der Waals surface area contributed by atoms with Gasteiger partial charge in [0.2, 0.25) is 0 Å². The number of rotatable bonds is 8. The molecule has 5 nitrogen and oxygen atoms in total. The van der Waals surface area contributed by atoms with Crippen LogP contribution in [0.1, 0.15) is 42.1 Å². The van der Waals surface area contributed by atoms with Gasteiger partial charge in [-0.15, -0.1) is 0 Å². The number of nitrogens with one attached hydrogen (secondary N) is 1. The van der Waals surface area contributed by atoms with E-state index >= 15 is 0 Å². The molecule has 2 heterocycles. The van der Waals surface area contributed by atoms with E-state index in [9.17, 15) is 0 Å². The van der Waals surface area contributed by atoms with Crippen LogP contribution in [-0.4, -0.2) is 22.9 Å². The molecule has 1 N–H and O–H groups in total. The maximum absolute atomic E-state index is 5.57. The molecule has 0 spiro atoms. The fourth-order valence-corrected chi connectivity index (χ4v) is 2.58. The maximum Gasteiger partial charge on any atom is 0.129 e. The van der Waals surface area contributed by atoms with Crippen LogP contribution in [0.2, 0.25) is 0 Å². The van der Waals surface area contributed by atoms with E-state index in [1.165, 1.54) is 11.3 Å². The predicted octanol–water partition coefficient (Wildman–Crippen LogP) is 2.89. The molecule has 2 aromatic heterocycles. The lowest BCUT2D eigenvalue weighted by Crippen LogP contribution is -2.22. The molecular formula is C16H25N3O2. The highest BCUT2D eigenvalue weighted by atomic mass is 16.5. The first-order chi connectivity index (χ1) is 10.1. The van der Waals surface area contributed by atoms with Crippen LogP contribution in [0.25, 0.3) is 0 Å². The van der Waals surface area contributed by atoms with E-state index in [-0.39, 0.29) is 0 Å². The Morgan fingerprint density at radius 1 is 1.43 bits per heavy atom. The summed E-state index contributed by atoms with van der Waals surface area (Å²) >= 11 is 0. The van der Waals surface area contributed by atoms with Gasteiger partial charge in [0.05, 0.1) is 12.0 Å². The number of ether oxygens (including phenoxy) is 1. The summed E-state index contributed by atoms with van der Waals surface area (Å²) in [6.07, 6.45) is 2.64. The van der Waals surface area contributed by atoms with Crippen molar-refractivity contribution in [2.24, 2.45) is 7.05 Å². The highest BCUT2D eigenvalue weighted by Gasteiger charge is 2.15. The zero-order valence-electron chi connectivity index (χ0n) is 13.3. The van der Waals surface area contributed by atoms with Crippen LogP contribution >= 0.6 is 0 Å². The van der Waals surface area contributed by atoms with Gasteiger partial charge in [-0.1, -0.05) is 0 Å². The van der Waals surface area contributed by atoms with Crippen molar-refractivity contribution in [1.29, 1.82) is 0 Å². The lowest BCUT2D eigenvalue weighted by molar-refractivity contribution is 0.103. The third-order valence-corrected chi connectivity index (χ3v) is 3.74. The SMILES string of the molecule is Cc1nn(C)c(C)c1C(C)NCCCOCc1ccco1. The van der Waals surface area contributed by atoms with Gasteiger partial charge in [0, 0.05) is 31.0 Å². The fourth-order valence-electron chi connectivity index (χ4n) is 2.58. The topological polar surface area (TPSA) is 52.2 Å². The van der Waals surface area contributed by atoms with Crippen LogP contribution in [0, 0.1) is 13.8 Å². The van der Waals surface area contributed by atoms with E-state index in [4.69, 9.17) is 9.15 Å². The first-order valence-electron chi connectivity index (χ1n) is 7.43. The summed E-state index contributed by atoms with van der Waals surface area (Å²) in [5, 5.41) is 7.99. The Balaban J connectivity index is 1.66. The minimum absolute atomic E-state index is 0.309. The second-order valence-electron chi connectivity index (χ2n) is 5.37. The van der Waals surface area contributed by atoms with Crippen LogP contribution in [0.15, 0.2) is 22.8 Å². The average molecular weight is 291 g/mol. The summed E-state index contributed by atoms with van der Waals surface area (Å²) < 4.78 is 12.7. The van der Waals surface area contributed by atoms with Gasteiger partial charge in [-0.2, -0.15) is 5.10 Å². The molecule has 0 radical (unpaired) electrons. The second kappa shape index (κ2) is 7.43. The maximum atomic E-state index is 5.57. The Kier molecular flexibility index (Phi) is 5.59. The Labute approximate surface area is 126 Å². The lowest BCUT2D eigenvalue weighted by Gasteiger charge is -2.14. The van der Waals surface area contributed by atoms with Gasteiger partial charge in [-0.3, -0.25) is 4.68 Å². The molecule has 0 fully saturated rings. The summed E-state index contributed by atoms with van der Waals surface area (Å²) in [5.41, 5.74) is 3.62. The Bertz CT molecular complexity index is 546. The summed E-state index contributed by atoms with van der Waals surface area (Å²) in [6.45, 7) is 8.55. The molecule has 0 aliphatic rings. The summed E-state index contributed by atoms with van der Waals surface area (Å²) in [6, 6.07) is 4.11. The third-order valence-electron chi connectivity index (χ3n) is 3.74. The normalized spacial score (nSPS) is 12.8. The van der Waals surface area contributed by atoms with E-state index in [0.29, 0.717) is 12.6 Å². The Morgan fingerprint density at radius 2 is 2.24 bits per heavy atom. The van der Waals surface area contributed by atoms with E-state index in [1.54, 1.807) is 6.26 Å². The van der Waals surface area contributed by atoms with Gasteiger partial charge >= 0.3 is 0 Å². The van der Waals surface area contributed by atoms with Gasteiger partial charge in [-0.25, -0.2) is 0 Å². The molecule has 2 rings (SSSR count). The molecule has 0 aliphatic heterocycles. The minimum Gasteiger partial charge on any atom is -0.467 e. The molecule has 2 aromatic rings. The van der Waals surface area contributed by atoms with Crippen molar-refractivity contribution >= 4 is 0 Å². The van der Waals surface area contributed by atoms with E-state index in [0.717, 1.165) is 31.0 Å². The molecular weight excluding hydrogens is 266 g/mol. The van der Waals surface area contributed by atoms with Gasteiger partial charge in [0.15, 0.2) is 0 Å². The van der Waals surface area contributed by atoms with Crippen molar-refractivity contribution in [3.8, 4) is 0 Å². The van der Waals surface area contributed by atoms with Gasteiger partial charge in [0.25, 0.3) is 0 Å². The average Bonchev–Trinajstić information content (AvgIpc) is 3.03. The molecule has 0 aliphatic carbocycles. The van der Waals surface area contributed by atoms with Gasteiger partial charge in [-0.05, 0) is 45.9 Å². The molecule has 0 saturated carbocycles. The van der Waals surface area contributed by atoms with Crippen molar-refractivity contribution in [2.45, 2.75) is 39.8 Å². The number of nitrogens with zero attached hydrogens (tertiary/aromatic N) is 2. The molecule has 0 saturated heterocycles. The Hall–Kier alpha value is -1.59. The molecule has 0 amide bonds. The molecule has 0 aromatic carbocycles. The number of hydrogen-bond donors (Lipinski definition) is 1. The smallest absolute Gasteiger partial charge is 0.129 e. The molecule has 0 bridgehead atoms. The van der Waals surface area contributed by atoms with Crippen LogP contribution in [0.4, 0.5) is 0 Å². The third kappa shape index (κ3) is 4.19. The first-order valence-corrected chi connectivity index (χ1v) is 7.43. The van der Waals surface area contributed by atoms with Crippen LogP contribution < -0.4 is 5.32 Å². The van der Waals surface area contributed by atoms with Crippen LogP contribution in [0.5, 0.6) is 0 Å². The summed E-state index contributed by atoms with van der Waals surface area (Å²) in [5.74, 6) is 0.873. The van der Waals surface area contributed by atoms with Crippen molar-refractivity contribution < 1.29 is 9.15 Å². The molecule has 1 unspecified atom stereocenters. The first kappa shape index (κ1) is 15.8. The monoisotopic (exact) mass is 291 g/mol. The largest absolute Gasteiger partial charge is 0.467 e. The molecule has 116 valence electrons. The highest BCUT2D eigenvalue weighted by molar-refractivity contribution is 5.27. The van der Waals surface area contributed by atoms with Crippen molar-refractivity contribution in [1.82, 2.24) is 15.1 Å². The van der Waals surface area contributed by atoms with Crippen molar-refractivity contribution in [3.63, 3.8) is 0 Å². The van der Waals surface area contributed by atoms with E-state index in [1.807, 2.05) is 23.9 Å². The summed E-state index contributed by atoms with van der Waals surface area (Å²) in [4.78, 5) is 0. The van der Waals surface area contributed by atoms with Gasteiger partial charge in [0.1, 0.15) is 12.4 Å². The van der Waals surface area contributed by atoms with Gasteiger partial charge < -0.3 is 14.5 Å². The number of furan rings is 1. The lowest BCUT2D eigenvalue weighted by atomic mass is 10.1. The zero-order chi connectivity index (χ0) is 15.2. The van der Waals surface area contributed by atoms with Crippen LogP contribution in [0.3, 0.4) is 0 Å². The quantitative estimate of drug-likeness (QED) is 0.760. The molecule has 5 heteroatoms. The van der Waals surface area contributed by atoms with Crippen molar-refractivity contribution in [2.75, 3.05) is 13.2 Å². The summed E-state index contributed by atoms with van der Waals surface area (Å²) in [7, 11) is 1.99. The second-order valence-corrected chi connectivity index (χ2v) is 5.37. The number of aromatic nitrogens is 2. The molecule has 1 atom stereocenters. The highest BCUT2D eigenvalue weighted by Crippen LogP contribution is 2.20. The molecule has 21 heavy (non-hydrogen) atoms. The standard InChI is InChI=1S/C16H25N3O2/c1-12(16-13(2)18-19(4)14(16)3)17-8-6-9-20-11-15-7-5-10-21-15/h5,7,10,12,17H,6,8-9,11H2,1-4H3. The predicted molar refractivity (Wildman–Crippen MR) is 82.1 cm³/mol. The fraction of sp³-hybridized carbons (Fsp3) is 0.562. The van der Waals surface area contributed by atoms with Crippen molar-refractivity contribution in [3.05, 3.63) is 41.1 Å². The minimum atomic E-state index is 0.309. The van der Waals surface area contributed by atoms with Crippen LogP contribution in [-0.2, 0) is 18.4 Å².